The molecule has 0 spiro atoms. The first kappa shape index (κ1) is 24.2. The van der Waals surface area contributed by atoms with Crippen molar-refractivity contribution in [1.82, 2.24) is 4.98 Å². The maximum Gasteiger partial charge on any atom is 0.338 e. The number of hydrogen-bond donors (Lipinski definition) is 1. The maximum absolute atomic E-state index is 13.4. The molecule has 0 radical (unpaired) electrons. The standard InChI is InChI=1S/C23H22ClN3O5S/c1-3-27(18-8-5-4-6-9-18)33(30,31)20-14-17(12-11-16(20)2)23(29)32-15-21(28)26-19-10-7-13-25-22(19)24/h4-14H,3,15H2,1-2H3,(H,26,28). The molecule has 0 unspecified atom stereocenters. The zero-order valence-electron chi connectivity index (χ0n) is 18.0. The minimum absolute atomic E-state index is 0.00972. The molecule has 8 nitrogen and oxygen atoms in total. The zero-order valence-corrected chi connectivity index (χ0v) is 19.6. The van der Waals surface area contributed by atoms with Crippen molar-refractivity contribution in [2.24, 2.45) is 0 Å². The van der Waals surface area contributed by atoms with E-state index in [0.717, 1.165) is 0 Å². The lowest BCUT2D eigenvalue weighted by Gasteiger charge is -2.24. The van der Waals surface area contributed by atoms with Crippen molar-refractivity contribution in [2.45, 2.75) is 18.7 Å². The van der Waals surface area contributed by atoms with Gasteiger partial charge in [-0.3, -0.25) is 9.10 Å². The number of carbonyl (C=O) groups excluding carboxylic acids is 2. The summed E-state index contributed by atoms with van der Waals surface area (Å²) in [5.74, 6) is -1.44. The fourth-order valence-corrected chi connectivity index (χ4v) is 4.98. The van der Waals surface area contributed by atoms with Crippen LogP contribution >= 0.6 is 11.6 Å². The summed E-state index contributed by atoms with van der Waals surface area (Å²) in [6, 6.07) is 16.1. The molecule has 1 amide bonds. The number of pyridine rings is 1. The van der Waals surface area contributed by atoms with E-state index < -0.39 is 28.5 Å². The first-order valence-corrected chi connectivity index (χ1v) is 11.8. The van der Waals surface area contributed by atoms with Crippen LogP contribution < -0.4 is 9.62 Å². The van der Waals surface area contributed by atoms with Crippen LogP contribution in [0, 0.1) is 6.92 Å². The maximum atomic E-state index is 13.4. The molecule has 10 heteroatoms. The Morgan fingerprint density at radius 2 is 1.82 bits per heavy atom. The summed E-state index contributed by atoms with van der Waals surface area (Å²) in [4.78, 5) is 28.4. The third-order valence-corrected chi connectivity index (χ3v) is 7.04. The molecular weight excluding hydrogens is 466 g/mol. The number of aromatic nitrogens is 1. The molecule has 2 aromatic carbocycles. The highest BCUT2D eigenvalue weighted by molar-refractivity contribution is 7.92. The van der Waals surface area contributed by atoms with Gasteiger partial charge in [-0.05, 0) is 55.8 Å². The predicted octanol–water partition coefficient (Wildman–Crippen LogP) is 4.05. The van der Waals surface area contributed by atoms with Crippen LogP contribution in [0.4, 0.5) is 11.4 Å². The van der Waals surface area contributed by atoms with Gasteiger partial charge in [0.15, 0.2) is 11.8 Å². The highest BCUT2D eigenvalue weighted by Gasteiger charge is 2.26. The Bertz CT molecular complexity index is 1270. The van der Waals surface area contributed by atoms with Gasteiger partial charge in [0.1, 0.15) is 0 Å². The third-order valence-electron chi connectivity index (χ3n) is 4.69. The zero-order chi connectivity index (χ0) is 24.0. The Balaban J connectivity index is 1.77. The Labute approximate surface area is 197 Å². The van der Waals surface area contributed by atoms with Crippen molar-refractivity contribution in [1.29, 1.82) is 0 Å². The van der Waals surface area contributed by atoms with Gasteiger partial charge in [0.25, 0.3) is 15.9 Å². The van der Waals surface area contributed by atoms with Gasteiger partial charge in [0.2, 0.25) is 0 Å². The molecular formula is C23H22ClN3O5S. The molecule has 1 N–H and O–H groups in total. The van der Waals surface area contributed by atoms with Crippen LogP contribution in [-0.4, -0.2) is 38.4 Å². The lowest BCUT2D eigenvalue weighted by atomic mass is 10.1. The molecule has 3 rings (SSSR count). The van der Waals surface area contributed by atoms with Crippen molar-refractivity contribution in [3.63, 3.8) is 0 Å². The molecule has 0 saturated carbocycles. The van der Waals surface area contributed by atoms with E-state index in [-0.39, 0.29) is 27.8 Å². The fourth-order valence-electron chi connectivity index (χ4n) is 3.09. The van der Waals surface area contributed by atoms with Crippen molar-refractivity contribution in [3.05, 3.63) is 83.1 Å². The molecule has 1 aromatic heterocycles. The molecule has 33 heavy (non-hydrogen) atoms. The van der Waals surface area contributed by atoms with Gasteiger partial charge < -0.3 is 10.1 Å². The van der Waals surface area contributed by atoms with E-state index in [4.69, 9.17) is 16.3 Å². The van der Waals surface area contributed by atoms with E-state index in [0.29, 0.717) is 11.3 Å². The monoisotopic (exact) mass is 487 g/mol. The summed E-state index contributed by atoms with van der Waals surface area (Å²) in [6.07, 6.45) is 1.47. The summed E-state index contributed by atoms with van der Waals surface area (Å²) in [5, 5.41) is 2.59. The van der Waals surface area contributed by atoms with Crippen LogP contribution in [0.2, 0.25) is 5.15 Å². The number of anilines is 2. The number of esters is 1. The summed E-state index contributed by atoms with van der Waals surface area (Å²) < 4.78 is 33.0. The molecule has 3 aromatic rings. The summed E-state index contributed by atoms with van der Waals surface area (Å²) >= 11 is 5.89. The Morgan fingerprint density at radius 1 is 1.09 bits per heavy atom. The van der Waals surface area contributed by atoms with Gasteiger partial charge in [-0.2, -0.15) is 0 Å². The highest BCUT2D eigenvalue weighted by Crippen LogP contribution is 2.26. The molecule has 0 fully saturated rings. The summed E-state index contributed by atoms with van der Waals surface area (Å²) in [5.41, 5.74) is 1.28. The molecule has 0 bridgehead atoms. The topological polar surface area (TPSA) is 106 Å². The van der Waals surface area contributed by atoms with E-state index in [1.807, 2.05) is 0 Å². The molecule has 1 heterocycles. The number of aryl methyl sites for hydroxylation is 1. The molecule has 172 valence electrons. The summed E-state index contributed by atoms with van der Waals surface area (Å²) in [6.45, 7) is 3.00. The second-order valence-corrected chi connectivity index (χ2v) is 9.14. The molecule has 0 aliphatic heterocycles. The number of carbonyl (C=O) groups is 2. The van der Waals surface area contributed by atoms with Crippen molar-refractivity contribution in [2.75, 3.05) is 22.8 Å². The quantitative estimate of drug-likeness (QED) is 0.379. The average Bonchev–Trinajstić information content (AvgIpc) is 2.80. The molecule has 0 aliphatic rings. The van der Waals surface area contributed by atoms with Gasteiger partial charge in [0, 0.05) is 12.7 Å². The number of nitrogens with one attached hydrogen (secondary N) is 1. The second kappa shape index (κ2) is 10.5. The van der Waals surface area contributed by atoms with E-state index >= 15 is 0 Å². The third kappa shape index (κ3) is 5.68. The van der Waals surface area contributed by atoms with Gasteiger partial charge in [-0.1, -0.05) is 35.9 Å². The van der Waals surface area contributed by atoms with Crippen molar-refractivity contribution in [3.8, 4) is 0 Å². The molecule has 0 saturated heterocycles. The number of amides is 1. The molecule has 0 atom stereocenters. The van der Waals surface area contributed by atoms with Crippen LogP contribution in [0.5, 0.6) is 0 Å². The predicted molar refractivity (Wildman–Crippen MR) is 126 cm³/mol. The Morgan fingerprint density at radius 3 is 2.48 bits per heavy atom. The van der Waals surface area contributed by atoms with Gasteiger partial charge in [0.05, 0.1) is 21.8 Å². The van der Waals surface area contributed by atoms with Crippen molar-refractivity contribution < 1.29 is 22.7 Å². The number of nitrogens with zero attached hydrogens (tertiary/aromatic N) is 2. The fraction of sp³-hybridized carbons (Fsp3) is 0.174. The van der Waals surface area contributed by atoms with E-state index in [9.17, 15) is 18.0 Å². The van der Waals surface area contributed by atoms with Gasteiger partial charge in [-0.25, -0.2) is 18.2 Å². The Kier molecular flexibility index (Phi) is 7.67. The first-order chi connectivity index (χ1) is 15.7. The van der Waals surface area contributed by atoms with Crippen LogP contribution in [0.25, 0.3) is 0 Å². The number of sulfonamides is 1. The lowest BCUT2D eigenvalue weighted by Crippen LogP contribution is -2.31. The van der Waals surface area contributed by atoms with Crippen LogP contribution in [0.3, 0.4) is 0 Å². The normalized spacial score (nSPS) is 11.0. The van der Waals surface area contributed by atoms with Gasteiger partial charge in [-0.15, -0.1) is 0 Å². The highest BCUT2D eigenvalue weighted by atomic mass is 35.5. The number of para-hydroxylation sites is 1. The first-order valence-electron chi connectivity index (χ1n) is 10.00. The van der Waals surface area contributed by atoms with Crippen LogP contribution in [-0.2, 0) is 19.6 Å². The number of ether oxygens (including phenoxy) is 1. The van der Waals surface area contributed by atoms with E-state index in [1.165, 1.54) is 28.7 Å². The summed E-state index contributed by atoms with van der Waals surface area (Å²) in [7, 11) is -3.94. The number of benzene rings is 2. The minimum Gasteiger partial charge on any atom is -0.452 e. The van der Waals surface area contributed by atoms with Crippen molar-refractivity contribution >= 4 is 44.9 Å². The SMILES string of the molecule is CCN(c1ccccc1)S(=O)(=O)c1cc(C(=O)OCC(=O)Nc2cccnc2Cl)ccc1C. The largest absolute Gasteiger partial charge is 0.452 e. The number of halogens is 1. The minimum atomic E-state index is -3.94. The second-order valence-electron chi connectivity index (χ2n) is 6.95. The number of rotatable bonds is 8. The van der Waals surface area contributed by atoms with Crippen LogP contribution in [0.15, 0.2) is 71.8 Å². The number of hydrogen-bond acceptors (Lipinski definition) is 6. The molecule has 0 aliphatic carbocycles. The Hall–Kier alpha value is -3.43. The smallest absolute Gasteiger partial charge is 0.338 e. The average molecular weight is 488 g/mol. The van der Waals surface area contributed by atoms with E-state index in [1.54, 1.807) is 56.3 Å². The van der Waals surface area contributed by atoms with E-state index in [2.05, 4.69) is 10.3 Å². The van der Waals surface area contributed by atoms with Crippen LogP contribution in [0.1, 0.15) is 22.8 Å². The lowest BCUT2D eigenvalue weighted by molar-refractivity contribution is -0.119. The van der Waals surface area contributed by atoms with Gasteiger partial charge >= 0.3 is 5.97 Å².